The number of carbonyl (C=O) groups is 1. The number of fused-ring (bicyclic) bond motifs is 1. The maximum absolute atomic E-state index is 13.8. The van der Waals surface area contributed by atoms with Crippen LogP contribution in [0, 0.1) is 12.8 Å². The molecule has 7 nitrogen and oxygen atoms in total. The van der Waals surface area contributed by atoms with Gasteiger partial charge in [-0.25, -0.2) is 4.98 Å². The normalized spacial score (nSPS) is 18.6. The van der Waals surface area contributed by atoms with Crippen molar-refractivity contribution in [3.8, 4) is 5.69 Å². The third-order valence-corrected chi connectivity index (χ3v) is 6.59. The van der Waals surface area contributed by atoms with Gasteiger partial charge in [-0.15, -0.1) is 0 Å². The predicted octanol–water partition coefficient (Wildman–Crippen LogP) is 5.33. The van der Waals surface area contributed by atoms with Gasteiger partial charge in [-0.2, -0.15) is 4.98 Å². The van der Waals surface area contributed by atoms with Gasteiger partial charge in [0.25, 0.3) is 11.9 Å². The molecule has 1 unspecified atom stereocenters. The number of halogens is 1. The first kappa shape index (κ1) is 21.5. The number of carbonyl (C=O) groups excluding carboxylic acids is 1. The summed E-state index contributed by atoms with van der Waals surface area (Å²) in [6.07, 6.45) is 7.35. The Morgan fingerprint density at radius 3 is 2.97 bits per heavy atom. The highest BCUT2D eigenvalue weighted by Gasteiger charge is 2.33. The minimum absolute atomic E-state index is 0.0148. The molecular weight excluding hydrogens is 438 g/mol. The highest BCUT2D eigenvalue weighted by Crippen LogP contribution is 2.28. The smallest absolute Gasteiger partial charge is 0.295 e. The van der Waals surface area contributed by atoms with E-state index in [9.17, 15) is 4.79 Å². The summed E-state index contributed by atoms with van der Waals surface area (Å²) in [5.74, 6) is 0.376. The SMILES string of the molecule is Cc1ccc(-n2ccnc2)c(C(=O)N2CCC[C@@H](C)C2CNc2nc3cc(Cl)ccc3o2)c1. The van der Waals surface area contributed by atoms with Gasteiger partial charge in [0.1, 0.15) is 5.52 Å². The second-order valence-electron chi connectivity index (χ2n) is 8.69. The molecule has 1 aliphatic heterocycles. The van der Waals surface area contributed by atoms with Crippen LogP contribution in [-0.2, 0) is 0 Å². The minimum Gasteiger partial charge on any atom is -0.424 e. The predicted molar refractivity (Wildman–Crippen MR) is 129 cm³/mol. The van der Waals surface area contributed by atoms with E-state index in [0.717, 1.165) is 30.6 Å². The van der Waals surface area contributed by atoms with E-state index in [2.05, 4.69) is 22.2 Å². The summed E-state index contributed by atoms with van der Waals surface area (Å²) in [6, 6.07) is 11.8. The van der Waals surface area contributed by atoms with Crippen LogP contribution in [0.1, 0.15) is 35.7 Å². The number of hydrogen-bond acceptors (Lipinski definition) is 5. The van der Waals surface area contributed by atoms with Gasteiger partial charge in [0.2, 0.25) is 0 Å². The van der Waals surface area contributed by atoms with Crippen molar-refractivity contribution in [2.45, 2.75) is 32.7 Å². The van der Waals surface area contributed by atoms with Crippen molar-refractivity contribution in [1.29, 1.82) is 0 Å². The number of nitrogens with zero attached hydrogens (tertiary/aromatic N) is 4. The molecule has 5 rings (SSSR count). The maximum atomic E-state index is 13.8. The molecule has 1 saturated heterocycles. The van der Waals surface area contributed by atoms with E-state index in [1.54, 1.807) is 24.7 Å². The summed E-state index contributed by atoms with van der Waals surface area (Å²) < 4.78 is 7.70. The molecule has 1 amide bonds. The van der Waals surface area contributed by atoms with Crippen molar-refractivity contribution in [3.63, 3.8) is 0 Å². The molecule has 1 N–H and O–H groups in total. The average Bonchev–Trinajstić information content (AvgIpc) is 3.47. The number of aryl methyl sites for hydroxylation is 1. The highest BCUT2D eigenvalue weighted by molar-refractivity contribution is 6.31. The van der Waals surface area contributed by atoms with E-state index in [-0.39, 0.29) is 11.9 Å². The lowest BCUT2D eigenvalue weighted by molar-refractivity contribution is 0.0539. The van der Waals surface area contributed by atoms with Crippen LogP contribution < -0.4 is 5.32 Å². The number of oxazole rings is 1. The molecule has 0 radical (unpaired) electrons. The molecule has 170 valence electrons. The van der Waals surface area contributed by atoms with Crippen molar-refractivity contribution in [2.75, 3.05) is 18.4 Å². The minimum atomic E-state index is 0.0148. The molecule has 1 fully saturated rings. The zero-order valence-corrected chi connectivity index (χ0v) is 19.4. The molecule has 0 aliphatic carbocycles. The molecule has 4 aromatic rings. The Labute approximate surface area is 197 Å². The second-order valence-corrected chi connectivity index (χ2v) is 9.12. The molecule has 1 aliphatic rings. The van der Waals surface area contributed by atoms with Crippen LogP contribution in [0.2, 0.25) is 5.02 Å². The van der Waals surface area contributed by atoms with Gasteiger partial charge in [0.15, 0.2) is 5.58 Å². The summed E-state index contributed by atoms with van der Waals surface area (Å²) in [4.78, 5) is 24.5. The molecule has 2 aromatic heterocycles. The van der Waals surface area contributed by atoms with E-state index in [1.807, 2.05) is 46.9 Å². The summed E-state index contributed by atoms with van der Waals surface area (Å²) in [6.45, 7) is 5.48. The van der Waals surface area contributed by atoms with Gasteiger partial charge in [0, 0.05) is 30.5 Å². The Balaban J connectivity index is 1.40. The number of anilines is 1. The quantitative estimate of drug-likeness (QED) is 0.433. The molecule has 33 heavy (non-hydrogen) atoms. The Morgan fingerprint density at radius 1 is 1.27 bits per heavy atom. The van der Waals surface area contributed by atoms with Crippen LogP contribution in [0.5, 0.6) is 0 Å². The van der Waals surface area contributed by atoms with Gasteiger partial charge < -0.3 is 19.2 Å². The summed E-state index contributed by atoms with van der Waals surface area (Å²) in [5.41, 5.74) is 3.95. The fraction of sp³-hybridized carbons (Fsp3) is 0.320. The number of likely N-dealkylation sites (tertiary alicyclic amines) is 1. The second kappa shape index (κ2) is 8.90. The van der Waals surface area contributed by atoms with Crippen LogP contribution in [0.4, 0.5) is 6.01 Å². The fourth-order valence-electron chi connectivity index (χ4n) is 4.58. The number of piperidine rings is 1. The molecule has 0 spiro atoms. The van der Waals surface area contributed by atoms with Crippen LogP contribution in [0.15, 0.2) is 59.5 Å². The van der Waals surface area contributed by atoms with Gasteiger partial charge in [0.05, 0.1) is 23.6 Å². The Morgan fingerprint density at radius 2 is 2.15 bits per heavy atom. The molecule has 2 aromatic carbocycles. The first-order valence-corrected chi connectivity index (χ1v) is 11.6. The van der Waals surface area contributed by atoms with Crippen LogP contribution >= 0.6 is 11.6 Å². The lowest BCUT2D eigenvalue weighted by Crippen LogP contribution is -2.51. The zero-order valence-electron chi connectivity index (χ0n) is 18.7. The molecule has 0 bridgehead atoms. The maximum Gasteiger partial charge on any atom is 0.295 e. The van der Waals surface area contributed by atoms with Crippen LogP contribution in [0.25, 0.3) is 16.8 Å². The van der Waals surface area contributed by atoms with Gasteiger partial charge in [-0.1, -0.05) is 30.2 Å². The third kappa shape index (κ3) is 4.33. The lowest BCUT2D eigenvalue weighted by Gasteiger charge is -2.40. The van der Waals surface area contributed by atoms with Gasteiger partial charge in [-0.3, -0.25) is 4.79 Å². The molecule has 0 saturated carbocycles. The highest BCUT2D eigenvalue weighted by atomic mass is 35.5. The summed E-state index contributed by atoms with van der Waals surface area (Å²) in [5, 5.41) is 3.93. The van der Waals surface area contributed by atoms with Crippen molar-refractivity contribution < 1.29 is 9.21 Å². The van der Waals surface area contributed by atoms with Crippen LogP contribution in [-0.4, -0.2) is 44.5 Å². The Bertz CT molecular complexity index is 1280. The van der Waals surface area contributed by atoms with Crippen molar-refractivity contribution in [1.82, 2.24) is 19.4 Å². The first-order chi connectivity index (χ1) is 16.0. The first-order valence-electron chi connectivity index (χ1n) is 11.2. The number of nitrogens with one attached hydrogen (secondary N) is 1. The number of rotatable bonds is 5. The van der Waals surface area contributed by atoms with Crippen molar-refractivity contribution >= 4 is 34.6 Å². The van der Waals surface area contributed by atoms with E-state index >= 15 is 0 Å². The number of imidazole rings is 1. The van der Waals surface area contributed by atoms with E-state index in [1.165, 1.54) is 0 Å². The van der Waals surface area contributed by atoms with E-state index in [0.29, 0.717) is 40.2 Å². The van der Waals surface area contributed by atoms with E-state index in [4.69, 9.17) is 16.0 Å². The van der Waals surface area contributed by atoms with Crippen molar-refractivity contribution in [2.24, 2.45) is 5.92 Å². The standard InChI is InChI=1S/C25H26ClN5O2/c1-16-5-7-21(30-11-9-27-15-30)19(12-16)24(32)31-10-3-4-17(2)22(31)14-28-25-29-20-13-18(26)6-8-23(20)33-25/h5-9,11-13,15,17,22H,3-4,10,14H2,1-2H3,(H,28,29)/t17-,22?/m1/s1. The summed E-state index contributed by atoms with van der Waals surface area (Å²) >= 11 is 6.07. The van der Waals surface area contributed by atoms with Gasteiger partial charge >= 0.3 is 0 Å². The number of amides is 1. The third-order valence-electron chi connectivity index (χ3n) is 6.35. The Hall–Kier alpha value is -3.32. The number of benzene rings is 2. The summed E-state index contributed by atoms with van der Waals surface area (Å²) in [7, 11) is 0. The largest absolute Gasteiger partial charge is 0.424 e. The Kier molecular flexibility index (Phi) is 5.81. The molecular formula is C25H26ClN5O2. The van der Waals surface area contributed by atoms with Gasteiger partial charge in [-0.05, 0) is 56.0 Å². The number of aromatic nitrogens is 3. The molecule has 3 heterocycles. The number of hydrogen-bond donors (Lipinski definition) is 1. The fourth-order valence-corrected chi connectivity index (χ4v) is 4.75. The van der Waals surface area contributed by atoms with Crippen LogP contribution in [0.3, 0.4) is 0 Å². The van der Waals surface area contributed by atoms with E-state index < -0.39 is 0 Å². The lowest BCUT2D eigenvalue weighted by atomic mass is 9.90. The monoisotopic (exact) mass is 463 g/mol. The average molecular weight is 464 g/mol. The topological polar surface area (TPSA) is 76.2 Å². The zero-order chi connectivity index (χ0) is 22.9. The molecule has 8 heteroatoms. The van der Waals surface area contributed by atoms with Crippen molar-refractivity contribution in [3.05, 3.63) is 71.3 Å². The molecule has 2 atom stereocenters.